The van der Waals surface area contributed by atoms with Crippen molar-refractivity contribution in [1.29, 1.82) is 5.26 Å². The third-order valence-corrected chi connectivity index (χ3v) is 3.77. The third kappa shape index (κ3) is 3.58. The van der Waals surface area contributed by atoms with Gasteiger partial charge < -0.3 is 4.90 Å². The van der Waals surface area contributed by atoms with Crippen LogP contribution in [-0.2, 0) is 19.3 Å². The second-order valence-corrected chi connectivity index (χ2v) is 5.27. The zero-order valence-electron chi connectivity index (χ0n) is 11.3. The molecule has 2 rings (SSSR count). The molecular formula is C16H22N2. The van der Waals surface area contributed by atoms with E-state index in [2.05, 4.69) is 36.2 Å². The van der Waals surface area contributed by atoms with E-state index in [9.17, 15) is 0 Å². The number of hydrogen-bond acceptors (Lipinski definition) is 2. The molecule has 2 heteroatoms. The smallest absolute Gasteiger partial charge is 0.0622 e. The molecule has 0 aliphatic heterocycles. The van der Waals surface area contributed by atoms with Gasteiger partial charge in [-0.3, -0.25) is 0 Å². The van der Waals surface area contributed by atoms with Gasteiger partial charge in [0.15, 0.2) is 0 Å². The van der Waals surface area contributed by atoms with Gasteiger partial charge in [-0.25, -0.2) is 0 Å². The van der Waals surface area contributed by atoms with Crippen molar-refractivity contribution in [3.05, 3.63) is 34.9 Å². The van der Waals surface area contributed by atoms with Crippen molar-refractivity contribution in [2.75, 3.05) is 20.1 Å². The van der Waals surface area contributed by atoms with E-state index >= 15 is 0 Å². The maximum absolute atomic E-state index is 8.51. The van der Waals surface area contributed by atoms with E-state index in [-0.39, 0.29) is 0 Å². The highest BCUT2D eigenvalue weighted by Crippen LogP contribution is 2.22. The largest absolute Gasteiger partial charge is 0.306 e. The van der Waals surface area contributed by atoms with Crippen molar-refractivity contribution >= 4 is 0 Å². The predicted octanol–water partition coefficient (Wildman–Crippen LogP) is 2.95. The van der Waals surface area contributed by atoms with Crippen LogP contribution in [0.25, 0.3) is 0 Å². The minimum Gasteiger partial charge on any atom is -0.306 e. The SMILES string of the molecule is CN(CCCC#N)CCc1ccc2c(c1)CCC2. The van der Waals surface area contributed by atoms with Gasteiger partial charge in [-0.15, -0.1) is 0 Å². The monoisotopic (exact) mass is 242 g/mol. The van der Waals surface area contributed by atoms with Crippen molar-refractivity contribution in [3.63, 3.8) is 0 Å². The van der Waals surface area contributed by atoms with Crippen LogP contribution < -0.4 is 0 Å². The fourth-order valence-electron chi connectivity index (χ4n) is 2.64. The van der Waals surface area contributed by atoms with Crippen LogP contribution >= 0.6 is 0 Å². The van der Waals surface area contributed by atoms with E-state index in [0.717, 1.165) is 25.9 Å². The lowest BCUT2D eigenvalue weighted by Gasteiger charge is -2.16. The number of unbranched alkanes of at least 4 members (excludes halogenated alkanes) is 1. The first-order chi connectivity index (χ1) is 8.79. The summed E-state index contributed by atoms with van der Waals surface area (Å²) in [6.07, 6.45) is 6.63. The van der Waals surface area contributed by atoms with Crippen LogP contribution in [0.4, 0.5) is 0 Å². The topological polar surface area (TPSA) is 27.0 Å². The molecule has 96 valence electrons. The van der Waals surface area contributed by atoms with Crippen LogP contribution in [0.2, 0.25) is 0 Å². The highest BCUT2D eigenvalue weighted by Gasteiger charge is 2.10. The first kappa shape index (κ1) is 13.1. The molecule has 0 fully saturated rings. The predicted molar refractivity (Wildman–Crippen MR) is 74.5 cm³/mol. The van der Waals surface area contributed by atoms with E-state index in [0.29, 0.717) is 6.42 Å². The lowest BCUT2D eigenvalue weighted by molar-refractivity contribution is 0.335. The summed E-state index contributed by atoms with van der Waals surface area (Å²) in [5.74, 6) is 0. The van der Waals surface area contributed by atoms with Crippen molar-refractivity contribution < 1.29 is 0 Å². The Hall–Kier alpha value is -1.33. The van der Waals surface area contributed by atoms with Gasteiger partial charge >= 0.3 is 0 Å². The summed E-state index contributed by atoms with van der Waals surface area (Å²) in [5.41, 5.74) is 4.59. The summed E-state index contributed by atoms with van der Waals surface area (Å²) in [6.45, 7) is 2.11. The van der Waals surface area contributed by atoms with Crippen LogP contribution in [0.1, 0.15) is 36.0 Å². The number of likely N-dealkylation sites (N-methyl/N-ethyl adjacent to an activating group) is 1. The van der Waals surface area contributed by atoms with Crippen LogP contribution in [-0.4, -0.2) is 25.0 Å². The van der Waals surface area contributed by atoms with Crippen LogP contribution in [0.5, 0.6) is 0 Å². The maximum Gasteiger partial charge on any atom is 0.0622 e. The van der Waals surface area contributed by atoms with Crippen molar-refractivity contribution in [2.45, 2.75) is 38.5 Å². The van der Waals surface area contributed by atoms with Crippen molar-refractivity contribution in [1.82, 2.24) is 4.90 Å². The zero-order chi connectivity index (χ0) is 12.8. The van der Waals surface area contributed by atoms with E-state index in [1.54, 1.807) is 11.1 Å². The molecule has 0 saturated carbocycles. The molecule has 0 radical (unpaired) electrons. The minimum absolute atomic E-state index is 0.670. The molecule has 1 aliphatic carbocycles. The highest BCUT2D eigenvalue weighted by molar-refractivity contribution is 5.35. The standard InChI is InChI=1S/C16H22N2/c1-18(11-3-2-10-17)12-9-14-7-8-15-5-4-6-16(15)13-14/h7-8,13H,2-6,9,11-12H2,1H3. The molecule has 0 N–H and O–H groups in total. The summed E-state index contributed by atoms with van der Waals surface area (Å²) in [7, 11) is 2.14. The number of fused-ring (bicyclic) bond motifs is 1. The number of nitriles is 1. The quantitative estimate of drug-likeness (QED) is 0.717. The average Bonchev–Trinajstić information content (AvgIpc) is 2.84. The van der Waals surface area contributed by atoms with E-state index < -0.39 is 0 Å². The fraction of sp³-hybridized carbons (Fsp3) is 0.562. The van der Waals surface area contributed by atoms with Gasteiger partial charge in [0.2, 0.25) is 0 Å². The van der Waals surface area contributed by atoms with Crippen LogP contribution in [0, 0.1) is 11.3 Å². The Labute approximate surface area is 110 Å². The minimum atomic E-state index is 0.670. The number of hydrogen-bond donors (Lipinski definition) is 0. The maximum atomic E-state index is 8.51. The third-order valence-electron chi connectivity index (χ3n) is 3.77. The second-order valence-electron chi connectivity index (χ2n) is 5.27. The lowest BCUT2D eigenvalue weighted by atomic mass is 10.0. The molecule has 1 aliphatic rings. The molecule has 0 bridgehead atoms. The van der Waals surface area contributed by atoms with E-state index in [1.165, 1.54) is 24.8 Å². The van der Waals surface area contributed by atoms with Gasteiger partial charge in [0.1, 0.15) is 0 Å². The number of benzene rings is 1. The Morgan fingerprint density at radius 2 is 2.06 bits per heavy atom. The van der Waals surface area contributed by atoms with Gasteiger partial charge in [-0.05, 0) is 62.4 Å². The molecule has 0 saturated heterocycles. The average molecular weight is 242 g/mol. The summed E-state index contributed by atoms with van der Waals surface area (Å²) in [4.78, 5) is 2.32. The summed E-state index contributed by atoms with van der Waals surface area (Å²) in [6, 6.07) is 9.19. The Morgan fingerprint density at radius 3 is 2.89 bits per heavy atom. The zero-order valence-corrected chi connectivity index (χ0v) is 11.3. The molecule has 1 aromatic rings. The molecule has 1 aromatic carbocycles. The fourth-order valence-corrected chi connectivity index (χ4v) is 2.64. The first-order valence-corrected chi connectivity index (χ1v) is 6.96. The van der Waals surface area contributed by atoms with E-state index in [4.69, 9.17) is 5.26 Å². The Balaban J connectivity index is 1.78. The number of rotatable bonds is 6. The summed E-state index contributed by atoms with van der Waals surface area (Å²) < 4.78 is 0. The molecule has 0 aromatic heterocycles. The first-order valence-electron chi connectivity index (χ1n) is 6.96. The Morgan fingerprint density at radius 1 is 1.22 bits per heavy atom. The Bertz CT molecular complexity index is 431. The Kier molecular flexibility index (Phi) is 4.78. The van der Waals surface area contributed by atoms with Crippen LogP contribution in [0.15, 0.2) is 18.2 Å². The molecule has 0 atom stereocenters. The van der Waals surface area contributed by atoms with Gasteiger partial charge in [0.05, 0.1) is 6.07 Å². The second kappa shape index (κ2) is 6.56. The lowest BCUT2D eigenvalue weighted by Crippen LogP contribution is -2.22. The molecule has 0 unspecified atom stereocenters. The van der Waals surface area contributed by atoms with Gasteiger partial charge in [-0.2, -0.15) is 5.26 Å². The van der Waals surface area contributed by atoms with Gasteiger partial charge in [0.25, 0.3) is 0 Å². The molecule has 2 nitrogen and oxygen atoms in total. The van der Waals surface area contributed by atoms with E-state index in [1.807, 2.05) is 0 Å². The van der Waals surface area contributed by atoms with Crippen LogP contribution in [0.3, 0.4) is 0 Å². The highest BCUT2D eigenvalue weighted by atomic mass is 15.1. The summed E-state index contributed by atoms with van der Waals surface area (Å²) >= 11 is 0. The molecule has 0 spiro atoms. The number of nitrogens with zero attached hydrogens (tertiary/aromatic N) is 2. The summed E-state index contributed by atoms with van der Waals surface area (Å²) in [5, 5.41) is 8.51. The van der Waals surface area contributed by atoms with Gasteiger partial charge in [0, 0.05) is 13.0 Å². The molecule has 0 heterocycles. The molecule has 18 heavy (non-hydrogen) atoms. The number of aryl methyl sites for hydroxylation is 2. The van der Waals surface area contributed by atoms with Gasteiger partial charge in [-0.1, -0.05) is 18.2 Å². The normalized spacial score (nSPS) is 13.6. The van der Waals surface area contributed by atoms with Crippen molar-refractivity contribution in [3.8, 4) is 6.07 Å². The molecule has 0 amide bonds. The molecular weight excluding hydrogens is 220 g/mol. The van der Waals surface area contributed by atoms with Crippen molar-refractivity contribution in [2.24, 2.45) is 0 Å².